The summed E-state index contributed by atoms with van der Waals surface area (Å²) in [5.41, 5.74) is 6.45. The van der Waals surface area contributed by atoms with E-state index < -0.39 is 0 Å². The van der Waals surface area contributed by atoms with E-state index >= 15 is 0 Å². The van der Waals surface area contributed by atoms with Crippen LogP contribution >= 0.6 is 34.8 Å². The number of aryl methyl sites for hydroxylation is 1. The van der Waals surface area contributed by atoms with Gasteiger partial charge in [-0.2, -0.15) is 0 Å². The fourth-order valence-electron chi connectivity index (χ4n) is 4.30. The predicted molar refractivity (Wildman–Crippen MR) is 197 cm³/mol. The highest BCUT2D eigenvalue weighted by atomic mass is 35.5. The Morgan fingerprint density at radius 3 is 1.64 bits per heavy atom. The van der Waals surface area contributed by atoms with Crippen molar-refractivity contribution in [2.45, 2.75) is 47.8 Å². The van der Waals surface area contributed by atoms with Gasteiger partial charge in [-0.25, -0.2) is 19.9 Å². The summed E-state index contributed by atoms with van der Waals surface area (Å²) in [4.78, 5) is 19.2. The quantitative estimate of drug-likeness (QED) is 0.165. The predicted octanol–water partition coefficient (Wildman–Crippen LogP) is 10.8. The van der Waals surface area contributed by atoms with Gasteiger partial charge in [0.05, 0.1) is 29.2 Å². The molecule has 0 saturated carbocycles. The maximum atomic E-state index is 6.41. The van der Waals surface area contributed by atoms with Crippen LogP contribution in [-0.2, 0) is 13.2 Å². The van der Waals surface area contributed by atoms with Crippen molar-refractivity contribution in [2.24, 2.45) is 0 Å². The molecule has 4 aromatic carbocycles. The van der Waals surface area contributed by atoms with Gasteiger partial charge in [-0.15, -0.1) is 0 Å². The highest BCUT2D eigenvalue weighted by Crippen LogP contribution is 2.30. The van der Waals surface area contributed by atoms with E-state index in [9.17, 15) is 0 Å². The number of hydrogen-bond donors (Lipinski definition) is 0. The first kappa shape index (κ1) is 37.3. The Morgan fingerprint density at radius 2 is 1.13 bits per heavy atom. The van der Waals surface area contributed by atoms with Crippen molar-refractivity contribution in [3.05, 3.63) is 123 Å². The van der Waals surface area contributed by atoms with E-state index in [2.05, 4.69) is 51.1 Å². The molecule has 0 spiro atoms. The second kappa shape index (κ2) is 18.8. The van der Waals surface area contributed by atoms with E-state index in [1.807, 2.05) is 106 Å². The van der Waals surface area contributed by atoms with Crippen LogP contribution in [0.15, 0.2) is 91.0 Å². The summed E-state index contributed by atoms with van der Waals surface area (Å²) in [5, 5.41) is 0.865. The van der Waals surface area contributed by atoms with Crippen molar-refractivity contribution < 1.29 is 9.47 Å². The molecule has 0 aliphatic rings. The first-order valence-corrected chi connectivity index (χ1v) is 16.5. The third kappa shape index (κ3) is 10.4. The number of benzene rings is 4. The van der Waals surface area contributed by atoms with Crippen molar-refractivity contribution in [1.82, 2.24) is 19.9 Å². The second-order valence-corrected chi connectivity index (χ2v) is 10.8. The SMILES string of the molecule is CC.CC.COc1cc(OCc2ccc(C)cc2)ccc1CN(C)c1nc2ccccc2nc1Cl.Clc1nc2ccccc2nc1Cl. The van der Waals surface area contributed by atoms with E-state index in [0.29, 0.717) is 24.1 Å². The molecule has 2 heterocycles. The molecule has 246 valence electrons. The molecule has 2 aromatic heterocycles. The van der Waals surface area contributed by atoms with Crippen LogP contribution in [0, 0.1) is 6.92 Å². The van der Waals surface area contributed by atoms with Gasteiger partial charge in [0.25, 0.3) is 0 Å². The molecule has 0 fully saturated rings. The van der Waals surface area contributed by atoms with Crippen LogP contribution in [0.1, 0.15) is 44.4 Å². The van der Waals surface area contributed by atoms with E-state index in [1.165, 1.54) is 5.56 Å². The molecular weight excluding hydrogens is 653 g/mol. The number of aromatic nitrogens is 4. The molecule has 0 aliphatic carbocycles. The fourth-order valence-corrected chi connectivity index (χ4v) is 4.84. The summed E-state index contributed by atoms with van der Waals surface area (Å²) in [6, 6.07) is 29.3. The maximum Gasteiger partial charge on any atom is 0.172 e. The molecular formula is C37H40Cl3N5O2. The van der Waals surface area contributed by atoms with Crippen LogP contribution in [-0.4, -0.2) is 34.1 Å². The normalized spacial score (nSPS) is 10.1. The lowest BCUT2D eigenvalue weighted by molar-refractivity contribution is 0.303. The zero-order chi connectivity index (χ0) is 34.3. The van der Waals surface area contributed by atoms with Crippen LogP contribution in [0.3, 0.4) is 0 Å². The summed E-state index contributed by atoms with van der Waals surface area (Å²) in [7, 11) is 3.59. The minimum Gasteiger partial charge on any atom is -0.496 e. The van der Waals surface area contributed by atoms with E-state index in [0.717, 1.165) is 44.7 Å². The van der Waals surface area contributed by atoms with Gasteiger partial charge >= 0.3 is 0 Å². The molecule has 0 aliphatic heterocycles. The molecule has 0 bridgehead atoms. The van der Waals surface area contributed by atoms with Gasteiger partial charge in [0, 0.05) is 25.2 Å². The molecule has 6 rings (SSSR count). The third-order valence-corrected chi connectivity index (χ3v) is 7.43. The van der Waals surface area contributed by atoms with E-state index in [4.69, 9.17) is 44.3 Å². The smallest absolute Gasteiger partial charge is 0.172 e. The van der Waals surface area contributed by atoms with Crippen LogP contribution in [0.4, 0.5) is 5.82 Å². The van der Waals surface area contributed by atoms with Crippen molar-refractivity contribution in [3.8, 4) is 11.5 Å². The third-order valence-electron chi connectivity index (χ3n) is 6.55. The summed E-state index contributed by atoms with van der Waals surface area (Å²) < 4.78 is 11.6. The highest BCUT2D eigenvalue weighted by Gasteiger charge is 2.15. The topological polar surface area (TPSA) is 73.3 Å². The number of halogens is 3. The number of para-hydroxylation sites is 4. The Kier molecular flexibility index (Phi) is 15.0. The molecule has 0 amide bonds. The Balaban J connectivity index is 0.000000311. The molecule has 10 heteroatoms. The maximum absolute atomic E-state index is 6.41. The van der Waals surface area contributed by atoms with Crippen LogP contribution in [0.2, 0.25) is 15.5 Å². The standard InChI is InChI=1S/C25H24ClN3O2.C8H4Cl2N2.2C2H6/c1-17-8-10-18(11-9-17)16-31-20-13-12-19(23(14-20)30-3)15-29(2)25-24(26)27-21-6-4-5-7-22(21)28-25;9-7-8(10)12-6-4-2-1-3-5(6)11-7;2*1-2/h4-14H,15-16H2,1-3H3;1-4H;2*1-2H3. The lowest BCUT2D eigenvalue weighted by Gasteiger charge is -2.21. The van der Waals surface area contributed by atoms with E-state index in [1.54, 1.807) is 7.11 Å². The van der Waals surface area contributed by atoms with Crippen molar-refractivity contribution in [3.63, 3.8) is 0 Å². The van der Waals surface area contributed by atoms with Gasteiger partial charge in [-0.05, 0) is 48.9 Å². The van der Waals surface area contributed by atoms with Crippen LogP contribution in [0.5, 0.6) is 11.5 Å². The van der Waals surface area contributed by atoms with Gasteiger partial charge < -0.3 is 14.4 Å². The van der Waals surface area contributed by atoms with Crippen molar-refractivity contribution >= 4 is 62.7 Å². The summed E-state index contributed by atoms with van der Waals surface area (Å²) in [5.74, 6) is 2.13. The Morgan fingerprint density at radius 1 is 0.638 bits per heavy atom. The molecule has 6 aromatic rings. The fraction of sp³-hybridized carbons (Fsp3) is 0.243. The summed E-state index contributed by atoms with van der Waals surface area (Å²) in [6.07, 6.45) is 0. The zero-order valence-electron chi connectivity index (χ0n) is 27.8. The molecule has 47 heavy (non-hydrogen) atoms. The van der Waals surface area contributed by atoms with Gasteiger partial charge in [0.15, 0.2) is 21.3 Å². The van der Waals surface area contributed by atoms with E-state index in [-0.39, 0.29) is 10.3 Å². The Labute approximate surface area is 292 Å². The first-order valence-electron chi connectivity index (χ1n) is 15.4. The highest BCUT2D eigenvalue weighted by molar-refractivity contribution is 6.40. The Bertz CT molecular complexity index is 1830. The summed E-state index contributed by atoms with van der Waals surface area (Å²) in [6.45, 7) is 11.1. The molecule has 0 unspecified atom stereocenters. The molecule has 0 N–H and O–H groups in total. The largest absolute Gasteiger partial charge is 0.496 e. The number of anilines is 1. The molecule has 7 nitrogen and oxygen atoms in total. The first-order chi connectivity index (χ1) is 22.8. The van der Waals surface area contributed by atoms with Crippen molar-refractivity contribution in [1.29, 1.82) is 0 Å². The Hall–Kier alpha value is -4.17. The van der Waals surface area contributed by atoms with Gasteiger partial charge in [-0.1, -0.05) is 117 Å². The average Bonchev–Trinajstić information content (AvgIpc) is 3.10. The molecule has 0 radical (unpaired) electrons. The lowest BCUT2D eigenvalue weighted by Crippen LogP contribution is -2.19. The van der Waals surface area contributed by atoms with Crippen LogP contribution < -0.4 is 14.4 Å². The number of hydrogen-bond acceptors (Lipinski definition) is 7. The monoisotopic (exact) mass is 691 g/mol. The van der Waals surface area contributed by atoms with Gasteiger partial charge in [0.1, 0.15) is 18.1 Å². The number of nitrogens with zero attached hydrogens (tertiary/aromatic N) is 5. The molecule has 0 saturated heterocycles. The number of methoxy groups -OCH3 is 1. The van der Waals surface area contributed by atoms with Gasteiger partial charge in [-0.3, -0.25) is 0 Å². The number of ether oxygens (including phenoxy) is 2. The minimum atomic E-state index is 0.246. The number of rotatable bonds is 7. The number of fused-ring (bicyclic) bond motifs is 2. The van der Waals surface area contributed by atoms with Crippen LogP contribution in [0.25, 0.3) is 22.1 Å². The van der Waals surface area contributed by atoms with Gasteiger partial charge in [0.2, 0.25) is 0 Å². The molecule has 0 atom stereocenters. The lowest BCUT2D eigenvalue weighted by atomic mass is 10.1. The van der Waals surface area contributed by atoms with Crippen molar-refractivity contribution in [2.75, 3.05) is 19.1 Å². The minimum absolute atomic E-state index is 0.246. The average molecular weight is 693 g/mol. The second-order valence-electron chi connectivity index (χ2n) is 9.72. The zero-order valence-corrected chi connectivity index (χ0v) is 30.0. The summed E-state index contributed by atoms with van der Waals surface area (Å²) >= 11 is 17.8.